The minimum absolute atomic E-state index is 0.181. The number of hydrogen-bond donors (Lipinski definition) is 1. The van der Waals surface area contributed by atoms with Gasteiger partial charge in [-0.1, -0.05) is 30.3 Å². The van der Waals surface area contributed by atoms with Crippen LogP contribution in [0.15, 0.2) is 30.3 Å². The van der Waals surface area contributed by atoms with Gasteiger partial charge in [0.2, 0.25) is 0 Å². The third kappa shape index (κ3) is 8.61. The highest BCUT2D eigenvalue weighted by Crippen LogP contribution is 2.29. The highest BCUT2D eigenvalue weighted by molar-refractivity contribution is 5.76. The van der Waals surface area contributed by atoms with E-state index in [1.807, 2.05) is 18.2 Å². The molecule has 1 aliphatic heterocycles. The molecule has 1 heterocycles. The summed E-state index contributed by atoms with van der Waals surface area (Å²) < 4.78 is 32.1. The number of ether oxygens (including phenoxy) is 6. The molecule has 1 N–H and O–H groups in total. The van der Waals surface area contributed by atoms with Crippen molar-refractivity contribution >= 4 is 29.8 Å². The van der Waals surface area contributed by atoms with Gasteiger partial charge in [0.15, 0.2) is 24.5 Å². The van der Waals surface area contributed by atoms with Gasteiger partial charge in [-0.05, 0) is 12.0 Å². The molecular formula is C24H31NO11. The van der Waals surface area contributed by atoms with Crippen LogP contribution >= 0.6 is 0 Å². The van der Waals surface area contributed by atoms with E-state index in [1.165, 1.54) is 14.0 Å². The van der Waals surface area contributed by atoms with Crippen LogP contribution in [0, 0.1) is 0 Å². The van der Waals surface area contributed by atoms with Gasteiger partial charge in [-0.25, -0.2) is 0 Å². The fraction of sp³-hybridized carbons (Fsp3) is 0.542. The van der Waals surface area contributed by atoms with Crippen LogP contribution in [-0.2, 0) is 58.8 Å². The van der Waals surface area contributed by atoms with Crippen molar-refractivity contribution < 1.29 is 52.4 Å². The largest absolute Gasteiger partial charge is 0.468 e. The van der Waals surface area contributed by atoms with Crippen molar-refractivity contribution in [2.24, 2.45) is 0 Å². The number of hydrogen-bond acceptors (Lipinski definition) is 12. The average Bonchev–Trinajstić information content (AvgIpc) is 2.80. The highest BCUT2D eigenvalue weighted by Gasteiger charge is 2.52. The van der Waals surface area contributed by atoms with Crippen LogP contribution in [0.3, 0.4) is 0 Å². The van der Waals surface area contributed by atoms with Crippen molar-refractivity contribution in [2.45, 2.75) is 70.8 Å². The smallest absolute Gasteiger partial charge is 0.323 e. The zero-order chi connectivity index (χ0) is 26.8. The summed E-state index contributed by atoms with van der Waals surface area (Å²) in [5.74, 6) is -3.50. The number of nitrogens with one attached hydrogen (secondary N) is 1. The normalized spacial score (nSPS) is 24.1. The SMILES string of the molecule is COC(=O)[C@H](Cc1ccccc1)N[C@@H]1O[C@H](COC(C)=O)[C@@H](OC(C)=O)[C@H](OC(C)=O)[C@H]1OC(C)=O. The molecule has 1 aliphatic rings. The van der Waals surface area contributed by atoms with E-state index in [0.29, 0.717) is 0 Å². The van der Waals surface area contributed by atoms with Crippen LogP contribution in [0.2, 0.25) is 0 Å². The Hall–Kier alpha value is -3.51. The third-order valence-electron chi connectivity index (χ3n) is 5.12. The number of rotatable bonds is 10. The number of carbonyl (C=O) groups excluding carboxylic acids is 5. The average molecular weight is 510 g/mol. The summed E-state index contributed by atoms with van der Waals surface area (Å²) in [6.07, 6.45) is -6.19. The zero-order valence-electron chi connectivity index (χ0n) is 20.8. The maximum absolute atomic E-state index is 12.6. The molecule has 0 amide bonds. The number of carbonyl (C=O) groups is 5. The molecule has 0 bridgehead atoms. The van der Waals surface area contributed by atoms with E-state index in [4.69, 9.17) is 28.4 Å². The van der Waals surface area contributed by atoms with Gasteiger partial charge in [0, 0.05) is 27.7 Å². The fourth-order valence-electron chi connectivity index (χ4n) is 3.76. The summed E-state index contributed by atoms with van der Waals surface area (Å²) in [5.41, 5.74) is 0.797. The molecule has 0 spiro atoms. The molecule has 1 aromatic rings. The van der Waals surface area contributed by atoms with E-state index < -0.39 is 66.5 Å². The summed E-state index contributed by atoms with van der Waals surface area (Å²) >= 11 is 0. The highest BCUT2D eigenvalue weighted by atomic mass is 16.7. The Morgan fingerprint density at radius 1 is 0.833 bits per heavy atom. The lowest BCUT2D eigenvalue weighted by molar-refractivity contribution is -0.258. The number of esters is 5. The Labute approximate surface area is 208 Å². The lowest BCUT2D eigenvalue weighted by Crippen LogP contribution is -2.67. The molecule has 0 unspecified atom stereocenters. The number of methoxy groups -OCH3 is 1. The Bertz CT molecular complexity index is 935. The molecule has 1 fully saturated rings. The van der Waals surface area contributed by atoms with Crippen LogP contribution in [-0.4, -0.2) is 80.2 Å². The van der Waals surface area contributed by atoms with Crippen molar-refractivity contribution in [3.8, 4) is 0 Å². The first-order valence-corrected chi connectivity index (χ1v) is 11.2. The first kappa shape index (κ1) is 28.7. The zero-order valence-corrected chi connectivity index (χ0v) is 20.8. The Balaban J connectivity index is 2.47. The second-order valence-electron chi connectivity index (χ2n) is 8.05. The molecule has 6 atom stereocenters. The van der Waals surface area contributed by atoms with Crippen molar-refractivity contribution in [3.63, 3.8) is 0 Å². The maximum atomic E-state index is 12.6. The molecule has 36 heavy (non-hydrogen) atoms. The van der Waals surface area contributed by atoms with Crippen molar-refractivity contribution in [1.29, 1.82) is 0 Å². The van der Waals surface area contributed by atoms with Crippen molar-refractivity contribution in [3.05, 3.63) is 35.9 Å². The quantitative estimate of drug-likeness (QED) is 0.344. The van der Waals surface area contributed by atoms with Gasteiger partial charge in [-0.2, -0.15) is 0 Å². The van der Waals surface area contributed by atoms with E-state index in [1.54, 1.807) is 12.1 Å². The molecule has 12 nitrogen and oxygen atoms in total. The molecule has 0 aromatic heterocycles. The van der Waals surface area contributed by atoms with E-state index in [0.717, 1.165) is 26.3 Å². The predicted molar refractivity (Wildman–Crippen MR) is 121 cm³/mol. The van der Waals surface area contributed by atoms with E-state index in [9.17, 15) is 24.0 Å². The van der Waals surface area contributed by atoms with Crippen LogP contribution in [0.25, 0.3) is 0 Å². The van der Waals surface area contributed by atoms with Gasteiger partial charge in [0.1, 0.15) is 18.8 Å². The standard InChI is InChI=1S/C24H31NO11/c1-13(26)32-12-19-20(33-14(2)27)21(34-15(3)28)22(35-16(4)29)23(36-19)25-18(24(30)31-5)11-17-9-7-6-8-10-17/h6-10,18-23,25H,11-12H2,1-5H3/t18-,19+,20+,21-,22+,23+/m0/s1. The summed E-state index contributed by atoms with van der Waals surface area (Å²) in [5, 5.41) is 2.96. The number of benzene rings is 1. The molecular weight excluding hydrogens is 478 g/mol. The lowest BCUT2D eigenvalue weighted by atomic mass is 9.96. The molecule has 0 saturated carbocycles. The van der Waals surface area contributed by atoms with Crippen LogP contribution in [0.5, 0.6) is 0 Å². The monoisotopic (exact) mass is 509 g/mol. The molecule has 1 aromatic carbocycles. The Morgan fingerprint density at radius 3 is 1.92 bits per heavy atom. The summed E-state index contributed by atoms with van der Waals surface area (Å²) in [6, 6.07) is 8.08. The minimum atomic E-state index is -1.35. The van der Waals surface area contributed by atoms with Crippen LogP contribution in [0.4, 0.5) is 0 Å². The van der Waals surface area contributed by atoms with Crippen LogP contribution < -0.4 is 5.32 Å². The summed E-state index contributed by atoms with van der Waals surface area (Å²) in [6.45, 7) is 4.19. The summed E-state index contributed by atoms with van der Waals surface area (Å²) in [4.78, 5) is 59.8. The van der Waals surface area contributed by atoms with E-state index in [-0.39, 0.29) is 13.0 Å². The first-order valence-electron chi connectivity index (χ1n) is 11.2. The topological polar surface area (TPSA) is 153 Å². The van der Waals surface area contributed by atoms with E-state index >= 15 is 0 Å². The summed E-state index contributed by atoms with van der Waals surface area (Å²) in [7, 11) is 1.22. The molecule has 2 rings (SSSR count). The molecule has 0 radical (unpaired) electrons. The molecule has 0 aliphatic carbocycles. The molecule has 12 heteroatoms. The lowest BCUT2D eigenvalue weighted by Gasteiger charge is -2.45. The second-order valence-corrected chi connectivity index (χ2v) is 8.05. The molecule has 198 valence electrons. The second kappa shape index (κ2) is 13.5. The molecule has 1 saturated heterocycles. The third-order valence-corrected chi connectivity index (χ3v) is 5.12. The first-order chi connectivity index (χ1) is 17.0. The van der Waals surface area contributed by atoms with Gasteiger partial charge in [0.25, 0.3) is 0 Å². The van der Waals surface area contributed by atoms with Gasteiger partial charge >= 0.3 is 29.8 Å². The fourth-order valence-corrected chi connectivity index (χ4v) is 3.76. The van der Waals surface area contributed by atoms with Crippen molar-refractivity contribution in [1.82, 2.24) is 5.32 Å². The van der Waals surface area contributed by atoms with Gasteiger partial charge < -0.3 is 28.4 Å². The minimum Gasteiger partial charge on any atom is -0.468 e. The van der Waals surface area contributed by atoms with E-state index in [2.05, 4.69) is 5.32 Å². The predicted octanol–water partition coefficient (Wildman–Crippen LogP) is 0.443. The maximum Gasteiger partial charge on any atom is 0.323 e. The van der Waals surface area contributed by atoms with Gasteiger partial charge in [-0.15, -0.1) is 0 Å². The van der Waals surface area contributed by atoms with Gasteiger partial charge in [-0.3, -0.25) is 29.3 Å². The van der Waals surface area contributed by atoms with Crippen LogP contribution in [0.1, 0.15) is 33.3 Å². The Morgan fingerprint density at radius 2 is 1.39 bits per heavy atom. The Kier molecular flexibility index (Phi) is 10.8. The van der Waals surface area contributed by atoms with Crippen molar-refractivity contribution in [2.75, 3.05) is 13.7 Å². The van der Waals surface area contributed by atoms with Gasteiger partial charge in [0.05, 0.1) is 7.11 Å².